The van der Waals surface area contributed by atoms with E-state index in [2.05, 4.69) is 21.0 Å². The molecule has 0 saturated carbocycles. The van der Waals surface area contributed by atoms with E-state index in [9.17, 15) is 4.39 Å². The molecule has 0 spiro atoms. The molecule has 0 saturated heterocycles. The van der Waals surface area contributed by atoms with Crippen LogP contribution in [0.25, 0.3) is 0 Å². The number of aromatic nitrogens is 2. The van der Waals surface area contributed by atoms with Gasteiger partial charge in [-0.3, -0.25) is 0 Å². The van der Waals surface area contributed by atoms with Crippen molar-refractivity contribution in [3.05, 3.63) is 45.3 Å². The van der Waals surface area contributed by atoms with Crippen molar-refractivity contribution in [2.75, 3.05) is 5.73 Å². The van der Waals surface area contributed by atoms with Gasteiger partial charge < -0.3 is 5.73 Å². The topological polar surface area (TPSA) is 43.8 Å². The van der Waals surface area contributed by atoms with Crippen LogP contribution in [-0.2, 0) is 0 Å². The molecule has 2 N–H and O–H groups in total. The fraction of sp³-hybridized carbons (Fsp3) is 0.182. The van der Waals surface area contributed by atoms with Crippen LogP contribution in [0.4, 0.5) is 10.2 Å². The van der Waals surface area contributed by atoms with E-state index in [0.29, 0.717) is 5.82 Å². The van der Waals surface area contributed by atoms with Crippen molar-refractivity contribution in [2.45, 2.75) is 13.0 Å². The maximum Gasteiger partial charge on any atom is 0.141 e. The normalized spacial score (nSPS) is 12.7. The highest BCUT2D eigenvalue weighted by atomic mass is 79.9. The summed E-state index contributed by atoms with van der Waals surface area (Å²) in [4.78, 5) is 0. The van der Waals surface area contributed by atoms with E-state index < -0.39 is 5.82 Å². The zero-order valence-corrected chi connectivity index (χ0v) is 11.3. The van der Waals surface area contributed by atoms with Gasteiger partial charge >= 0.3 is 0 Å². The molecule has 1 atom stereocenters. The van der Waals surface area contributed by atoms with Gasteiger partial charge in [0.05, 0.1) is 21.7 Å². The molecule has 0 aliphatic carbocycles. The summed E-state index contributed by atoms with van der Waals surface area (Å²) < 4.78 is 15.4. The van der Waals surface area contributed by atoms with Gasteiger partial charge in [-0.15, -0.1) is 0 Å². The van der Waals surface area contributed by atoms with Crippen LogP contribution in [0.15, 0.2) is 28.9 Å². The third-order valence-electron chi connectivity index (χ3n) is 2.58. The molecule has 6 heteroatoms. The van der Waals surface area contributed by atoms with E-state index in [1.165, 1.54) is 6.07 Å². The molecule has 90 valence electrons. The Morgan fingerprint density at radius 1 is 1.53 bits per heavy atom. The monoisotopic (exact) mass is 317 g/mol. The average Bonchev–Trinajstić information content (AvgIpc) is 2.63. The van der Waals surface area contributed by atoms with Crippen molar-refractivity contribution in [2.24, 2.45) is 0 Å². The largest absolute Gasteiger partial charge is 0.383 e. The number of rotatable bonds is 2. The molecule has 17 heavy (non-hydrogen) atoms. The van der Waals surface area contributed by atoms with Gasteiger partial charge in [-0.05, 0) is 40.5 Å². The van der Waals surface area contributed by atoms with Crippen LogP contribution in [0.2, 0.25) is 5.02 Å². The molecule has 3 nitrogen and oxygen atoms in total. The highest BCUT2D eigenvalue weighted by Crippen LogP contribution is 2.27. The van der Waals surface area contributed by atoms with E-state index in [1.807, 2.05) is 6.92 Å². The summed E-state index contributed by atoms with van der Waals surface area (Å²) in [6, 6.07) is 4.47. The van der Waals surface area contributed by atoms with Crippen LogP contribution in [0, 0.1) is 5.82 Å². The first-order valence-corrected chi connectivity index (χ1v) is 6.11. The van der Waals surface area contributed by atoms with Crippen LogP contribution in [-0.4, -0.2) is 9.78 Å². The SMILES string of the molecule is CC(c1ccc(F)c(Cl)c1)n1ncc(Br)c1N. The second kappa shape index (κ2) is 4.66. The van der Waals surface area contributed by atoms with Crippen molar-refractivity contribution in [3.8, 4) is 0 Å². The van der Waals surface area contributed by atoms with Gasteiger partial charge in [-0.2, -0.15) is 5.10 Å². The molecule has 0 aliphatic rings. The van der Waals surface area contributed by atoms with Crippen LogP contribution in [0.3, 0.4) is 0 Å². The molecule has 2 aromatic rings. The molecular weight excluding hydrogens is 308 g/mol. The first-order valence-electron chi connectivity index (χ1n) is 4.94. The Morgan fingerprint density at radius 2 is 2.24 bits per heavy atom. The van der Waals surface area contributed by atoms with Crippen molar-refractivity contribution in [3.63, 3.8) is 0 Å². The summed E-state index contributed by atoms with van der Waals surface area (Å²) in [5.41, 5.74) is 6.70. The minimum absolute atomic E-state index is 0.0964. The standard InChI is InChI=1S/C11H10BrClFN3/c1-6(17-11(15)8(12)5-16-17)7-2-3-10(14)9(13)4-7/h2-6H,15H2,1H3. The number of nitrogens with two attached hydrogens (primary N) is 1. The predicted octanol–water partition coefficient (Wildman–Crippen LogP) is 3.63. The lowest BCUT2D eigenvalue weighted by molar-refractivity contribution is 0.569. The van der Waals surface area contributed by atoms with Gasteiger partial charge in [-0.25, -0.2) is 9.07 Å². The number of anilines is 1. The third-order valence-corrected chi connectivity index (χ3v) is 3.48. The summed E-state index contributed by atoms with van der Waals surface area (Å²) in [7, 11) is 0. The minimum atomic E-state index is -0.433. The Labute approximate surface area is 112 Å². The quantitative estimate of drug-likeness (QED) is 0.919. The Hall–Kier alpha value is -1.07. The molecule has 0 radical (unpaired) electrons. The number of nitrogen functional groups attached to an aromatic ring is 1. The summed E-state index contributed by atoms with van der Waals surface area (Å²) in [5.74, 6) is 0.0928. The zero-order chi connectivity index (χ0) is 12.6. The molecule has 1 unspecified atom stereocenters. The van der Waals surface area contributed by atoms with E-state index in [4.69, 9.17) is 17.3 Å². The first kappa shape index (κ1) is 12.4. The molecule has 1 aromatic carbocycles. The molecule has 2 rings (SSSR count). The van der Waals surface area contributed by atoms with Crippen molar-refractivity contribution in [1.82, 2.24) is 9.78 Å². The average molecular weight is 319 g/mol. The maximum atomic E-state index is 13.1. The summed E-state index contributed by atoms with van der Waals surface area (Å²) in [6.07, 6.45) is 1.62. The highest BCUT2D eigenvalue weighted by Gasteiger charge is 2.14. The molecule has 0 bridgehead atoms. The Balaban J connectivity index is 2.40. The van der Waals surface area contributed by atoms with Crippen molar-refractivity contribution >= 4 is 33.3 Å². The molecule has 0 fully saturated rings. The smallest absolute Gasteiger partial charge is 0.141 e. The fourth-order valence-electron chi connectivity index (χ4n) is 1.57. The lowest BCUT2D eigenvalue weighted by Gasteiger charge is -2.14. The molecular formula is C11H10BrClFN3. The van der Waals surface area contributed by atoms with Crippen molar-refractivity contribution < 1.29 is 4.39 Å². The maximum absolute atomic E-state index is 13.1. The van der Waals surface area contributed by atoms with Crippen LogP contribution in [0.1, 0.15) is 18.5 Å². The van der Waals surface area contributed by atoms with Gasteiger partial charge in [-0.1, -0.05) is 17.7 Å². The van der Waals surface area contributed by atoms with E-state index in [0.717, 1.165) is 10.0 Å². The molecule has 1 aromatic heterocycles. The van der Waals surface area contributed by atoms with Crippen LogP contribution < -0.4 is 5.73 Å². The number of hydrogen-bond acceptors (Lipinski definition) is 2. The summed E-state index contributed by atoms with van der Waals surface area (Å²) >= 11 is 9.03. The number of halogens is 3. The van der Waals surface area contributed by atoms with Gasteiger partial charge in [0.25, 0.3) is 0 Å². The Bertz CT molecular complexity index is 556. The van der Waals surface area contributed by atoms with Gasteiger partial charge in [0.2, 0.25) is 0 Å². The van der Waals surface area contributed by atoms with Crippen LogP contribution >= 0.6 is 27.5 Å². The minimum Gasteiger partial charge on any atom is -0.383 e. The predicted molar refractivity (Wildman–Crippen MR) is 69.6 cm³/mol. The lowest BCUT2D eigenvalue weighted by Crippen LogP contribution is -2.11. The van der Waals surface area contributed by atoms with E-state index >= 15 is 0 Å². The molecule has 1 heterocycles. The summed E-state index contributed by atoms with van der Waals surface area (Å²) in [5, 5.41) is 4.25. The summed E-state index contributed by atoms with van der Waals surface area (Å²) in [6.45, 7) is 1.92. The first-order chi connectivity index (χ1) is 8.00. The van der Waals surface area contributed by atoms with E-state index in [1.54, 1.807) is 23.0 Å². The third kappa shape index (κ3) is 2.30. The molecule has 0 aliphatic heterocycles. The van der Waals surface area contributed by atoms with Gasteiger partial charge in [0.1, 0.15) is 11.6 Å². The Kier molecular flexibility index (Phi) is 3.40. The van der Waals surface area contributed by atoms with Gasteiger partial charge in [0, 0.05) is 0 Å². The van der Waals surface area contributed by atoms with E-state index in [-0.39, 0.29) is 11.1 Å². The Morgan fingerprint density at radius 3 is 2.76 bits per heavy atom. The fourth-order valence-corrected chi connectivity index (χ4v) is 2.03. The highest BCUT2D eigenvalue weighted by molar-refractivity contribution is 9.10. The second-order valence-corrected chi connectivity index (χ2v) is 4.93. The number of nitrogens with zero attached hydrogens (tertiary/aromatic N) is 2. The zero-order valence-electron chi connectivity index (χ0n) is 8.99. The van der Waals surface area contributed by atoms with Gasteiger partial charge in [0.15, 0.2) is 0 Å². The number of benzene rings is 1. The lowest BCUT2D eigenvalue weighted by atomic mass is 10.1. The number of hydrogen-bond donors (Lipinski definition) is 1. The van der Waals surface area contributed by atoms with Crippen molar-refractivity contribution in [1.29, 1.82) is 0 Å². The second-order valence-electron chi connectivity index (χ2n) is 3.67. The molecule has 0 amide bonds. The van der Waals surface area contributed by atoms with Crippen LogP contribution in [0.5, 0.6) is 0 Å².